The van der Waals surface area contributed by atoms with Gasteiger partial charge in [0.25, 0.3) is 0 Å². The fraction of sp³-hybridized carbons (Fsp3) is 0.429. The second-order valence-electron chi connectivity index (χ2n) is 4.53. The zero-order valence-corrected chi connectivity index (χ0v) is 11.6. The molecule has 0 aliphatic heterocycles. The zero-order chi connectivity index (χ0) is 13.7. The summed E-state index contributed by atoms with van der Waals surface area (Å²) in [7, 11) is 1.65. The molecule has 0 aliphatic rings. The number of anilines is 1. The highest BCUT2D eigenvalue weighted by Gasteiger charge is 2.07. The summed E-state index contributed by atoms with van der Waals surface area (Å²) in [4.78, 5) is 4.28. The van der Waals surface area contributed by atoms with Gasteiger partial charge in [0.2, 0.25) is 0 Å². The molecule has 5 nitrogen and oxygen atoms in total. The molecule has 1 aromatic heterocycles. The molecular formula is C14H19N3O2. The maximum absolute atomic E-state index is 5.11. The number of ether oxygens (including phenoxy) is 1. The molecule has 19 heavy (non-hydrogen) atoms. The number of hydrogen-bond donors (Lipinski definition) is 1. The van der Waals surface area contributed by atoms with Crippen molar-refractivity contribution < 1.29 is 9.26 Å². The first-order valence-electron chi connectivity index (χ1n) is 6.30. The van der Waals surface area contributed by atoms with E-state index < -0.39 is 0 Å². The third-order valence-corrected chi connectivity index (χ3v) is 2.98. The van der Waals surface area contributed by atoms with Crippen molar-refractivity contribution in [2.45, 2.75) is 20.3 Å². The van der Waals surface area contributed by atoms with Crippen LogP contribution in [0.3, 0.4) is 0 Å². The lowest BCUT2D eigenvalue weighted by Crippen LogP contribution is -2.07. The van der Waals surface area contributed by atoms with Crippen LogP contribution < -0.4 is 5.32 Å². The van der Waals surface area contributed by atoms with Crippen LogP contribution in [0.25, 0.3) is 0 Å². The fourth-order valence-electron chi connectivity index (χ4n) is 1.75. The summed E-state index contributed by atoms with van der Waals surface area (Å²) < 4.78 is 10.0. The van der Waals surface area contributed by atoms with Gasteiger partial charge in [0.1, 0.15) is 0 Å². The summed E-state index contributed by atoms with van der Waals surface area (Å²) in [5, 5.41) is 6.96. The second-order valence-corrected chi connectivity index (χ2v) is 4.53. The fourth-order valence-corrected chi connectivity index (χ4v) is 1.75. The Hall–Kier alpha value is -1.88. The van der Waals surface area contributed by atoms with Crippen molar-refractivity contribution in [3.63, 3.8) is 0 Å². The van der Waals surface area contributed by atoms with E-state index in [1.54, 1.807) is 7.11 Å². The highest BCUT2D eigenvalue weighted by atomic mass is 16.5. The Bertz CT molecular complexity index is 537. The molecule has 1 N–H and O–H groups in total. The minimum Gasteiger partial charge on any atom is -0.383 e. The number of benzene rings is 1. The molecule has 102 valence electrons. The van der Waals surface area contributed by atoms with Crippen molar-refractivity contribution in [3.05, 3.63) is 40.7 Å². The van der Waals surface area contributed by atoms with Crippen LogP contribution in [0, 0.1) is 13.8 Å². The monoisotopic (exact) mass is 261 g/mol. The van der Waals surface area contributed by atoms with E-state index in [1.165, 1.54) is 16.7 Å². The second kappa shape index (κ2) is 6.33. The Morgan fingerprint density at radius 1 is 1.26 bits per heavy atom. The molecule has 2 rings (SSSR count). The van der Waals surface area contributed by atoms with Gasteiger partial charge >= 0.3 is 6.01 Å². The first-order chi connectivity index (χ1) is 9.19. The predicted molar refractivity (Wildman–Crippen MR) is 73.4 cm³/mol. The summed E-state index contributed by atoms with van der Waals surface area (Å²) in [6.07, 6.45) is 0.677. The number of nitrogens with zero attached hydrogens (tertiary/aromatic N) is 2. The van der Waals surface area contributed by atoms with Crippen LogP contribution in [0.2, 0.25) is 0 Å². The summed E-state index contributed by atoms with van der Waals surface area (Å²) in [5.41, 5.74) is 3.76. The van der Waals surface area contributed by atoms with Crippen LogP contribution in [0.5, 0.6) is 0 Å². The van der Waals surface area contributed by atoms with Gasteiger partial charge in [-0.2, -0.15) is 4.98 Å². The molecule has 0 atom stereocenters. The van der Waals surface area contributed by atoms with Gasteiger partial charge in [0.05, 0.1) is 6.61 Å². The molecule has 1 heterocycles. The Kier molecular flexibility index (Phi) is 4.52. The van der Waals surface area contributed by atoms with E-state index in [9.17, 15) is 0 Å². The summed E-state index contributed by atoms with van der Waals surface area (Å²) in [5.74, 6) is 0.683. The minimum atomic E-state index is 0.441. The van der Waals surface area contributed by atoms with E-state index in [4.69, 9.17) is 9.26 Å². The van der Waals surface area contributed by atoms with Crippen LogP contribution in [-0.4, -0.2) is 30.4 Å². The van der Waals surface area contributed by atoms with Crippen LogP contribution in [0.1, 0.15) is 22.5 Å². The number of rotatable bonds is 6. The van der Waals surface area contributed by atoms with Gasteiger partial charge in [-0.1, -0.05) is 23.4 Å². The molecule has 0 bridgehead atoms. The lowest BCUT2D eigenvalue weighted by molar-refractivity contribution is 0.210. The lowest BCUT2D eigenvalue weighted by atomic mass is 10.0. The number of aromatic nitrogens is 2. The molecule has 1 aromatic carbocycles. The highest BCUT2D eigenvalue weighted by molar-refractivity contribution is 5.31. The summed E-state index contributed by atoms with van der Waals surface area (Å²) in [6.45, 7) is 5.47. The SMILES string of the molecule is COCCNc1nc(Cc2ccc(C)c(C)c2)no1. The Morgan fingerprint density at radius 2 is 2.11 bits per heavy atom. The Balaban J connectivity index is 1.97. The average molecular weight is 261 g/mol. The van der Waals surface area contributed by atoms with Gasteiger partial charge in [-0.3, -0.25) is 0 Å². The molecule has 0 amide bonds. The Labute approximate surface area is 113 Å². The van der Waals surface area contributed by atoms with E-state index in [2.05, 4.69) is 47.5 Å². The van der Waals surface area contributed by atoms with E-state index in [-0.39, 0.29) is 0 Å². The van der Waals surface area contributed by atoms with E-state index in [1.807, 2.05) is 0 Å². The molecule has 0 aliphatic carbocycles. The zero-order valence-electron chi connectivity index (χ0n) is 11.6. The van der Waals surface area contributed by atoms with Gasteiger partial charge in [-0.25, -0.2) is 0 Å². The van der Waals surface area contributed by atoms with Crippen LogP contribution in [0.4, 0.5) is 6.01 Å². The van der Waals surface area contributed by atoms with Gasteiger partial charge in [-0.05, 0) is 30.5 Å². The predicted octanol–water partition coefficient (Wildman–Crippen LogP) is 2.34. The minimum absolute atomic E-state index is 0.441. The number of hydrogen-bond acceptors (Lipinski definition) is 5. The quantitative estimate of drug-likeness (QED) is 0.809. The standard InChI is InChI=1S/C14H19N3O2/c1-10-4-5-12(8-11(10)2)9-13-16-14(19-17-13)15-6-7-18-3/h4-5,8H,6-7,9H2,1-3H3,(H,15,16,17). The number of aryl methyl sites for hydroxylation is 2. The third-order valence-electron chi connectivity index (χ3n) is 2.98. The summed E-state index contributed by atoms with van der Waals surface area (Å²) >= 11 is 0. The van der Waals surface area contributed by atoms with Crippen molar-refractivity contribution in [1.29, 1.82) is 0 Å². The van der Waals surface area contributed by atoms with E-state index in [0.717, 1.165) is 0 Å². The first-order valence-corrected chi connectivity index (χ1v) is 6.30. The molecule has 0 saturated carbocycles. The third kappa shape index (κ3) is 3.79. The largest absolute Gasteiger partial charge is 0.383 e. The number of methoxy groups -OCH3 is 1. The van der Waals surface area contributed by atoms with E-state index in [0.29, 0.717) is 31.4 Å². The molecule has 0 spiro atoms. The molecule has 2 aromatic rings. The van der Waals surface area contributed by atoms with E-state index >= 15 is 0 Å². The normalized spacial score (nSPS) is 10.7. The van der Waals surface area contributed by atoms with Gasteiger partial charge in [0, 0.05) is 20.1 Å². The van der Waals surface area contributed by atoms with Gasteiger partial charge in [0.15, 0.2) is 5.82 Å². The van der Waals surface area contributed by atoms with Gasteiger partial charge < -0.3 is 14.6 Å². The maximum atomic E-state index is 5.11. The van der Waals surface area contributed by atoms with Crippen molar-refractivity contribution in [1.82, 2.24) is 10.1 Å². The molecular weight excluding hydrogens is 242 g/mol. The Morgan fingerprint density at radius 3 is 2.84 bits per heavy atom. The van der Waals surface area contributed by atoms with Crippen molar-refractivity contribution in [3.8, 4) is 0 Å². The number of nitrogens with one attached hydrogen (secondary N) is 1. The average Bonchev–Trinajstić information content (AvgIpc) is 2.82. The van der Waals surface area contributed by atoms with Crippen molar-refractivity contribution >= 4 is 6.01 Å². The summed E-state index contributed by atoms with van der Waals surface area (Å²) in [6, 6.07) is 6.80. The molecule has 0 saturated heterocycles. The highest BCUT2D eigenvalue weighted by Crippen LogP contribution is 2.13. The van der Waals surface area contributed by atoms with Crippen molar-refractivity contribution in [2.75, 3.05) is 25.6 Å². The molecule has 0 radical (unpaired) electrons. The molecule has 5 heteroatoms. The smallest absolute Gasteiger partial charge is 0.321 e. The lowest BCUT2D eigenvalue weighted by Gasteiger charge is -2.02. The first kappa shape index (κ1) is 13.5. The van der Waals surface area contributed by atoms with Crippen LogP contribution in [0.15, 0.2) is 22.7 Å². The topological polar surface area (TPSA) is 60.2 Å². The van der Waals surface area contributed by atoms with Gasteiger partial charge in [-0.15, -0.1) is 0 Å². The maximum Gasteiger partial charge on any atom is 0.321 e. The van der Waals surface area contributed by atoms with Crippen molar-refractivity contribution in [2.24, 2.45) is 0 Å². The van der Waals surface area contributed by atoms with Crippen LogP contribution in [-0.2, 0) is 11.2 Å². The molecule has 0 unspecified atom stereocenters. The molecule has 0 fully saturated rings. The van der Waals surface area contributed by atoms with Crippen LogP contribution >= 0.6 is 0 Å².